The van der Waals surface area contributed by atoms with Gasteiger partial charge in [-0.3, -0.25) is 18.4 Å². The number of carbonyl (C=O) groups is 2. The lowest BCUT2D eigenvalue weighted by Crippen LogP contribution is -2.40. The molecule has 5 atom stereocenters. The Balaban J connectivity index is 1.36. The first-order chi connectivity index (χ1) is 22.6. The summed E-state index contributed by atoms with van der Waals surface area (Å²) in [6.07, 6.45) is -0.837. The van der Waals surface area contributed by atoms with Crippen molar-refractivity contribution in [3.05, 3.63) is 48.5 Å². The Kier molecular flexibility index (Phi) is 12.9. The molecule has 4 rings (SSSR count). The van der Waals surface area contributed by atoms with E-state index in [-0.39, 0.29) is 49.1 Å². The predicted octanol–water partition coefficient (Wildman–Crippen LogP) is 4.41. The van der Waals surface area contributed by atoms with Crippen LogP contribution in [0.1, 0.15) is 52.8 Å². The highest BCUT2D eigenvalue weighted by Gasteiger charge is 2.54. The first kappa shape index (κ1) is 38.0. The van der Waals surface area contributed by atoms with Gasteiger partial charge in [0.15, 0.2) is 22.8 Å². The lowest BCUT2D eigenvalue weighted by atomic mass is 9.91. The molecule has 5 N–H and O–H groups in total. The molecule has 264 valence electrons. The van der Waals surface area contributed by atoms with E-state index < -0.39 is 42.6 Å². The van der Waals surface area contributed by atoms with Crippen LogP contribution in [-0.2, 0) is 34.4 Å². The molecule has 0 radical (unpaired) electrons. The van der Waals surface area contributed by atoms with Gasteiger partial charge in [0.2, 0.25) is 0 Å². The molecule has 1 amide bonds. The number of hydrogen-bond donors (Lipinski definition) is 4. The summed E-state index contributed by atoms with van der Waals surface area (Å²) in [5, 5.41) is 16.5. The largest absolute Gasteiger partial charge is 0.447 e. The van der Waals surface area contributed by atoms with Crippen LogP contribution in [0.25, 0.3) is 11.2 Å². The van der Waals surface area contributed by atoms with Gasteiger partial charge in [0.1, 0.15) is 28.9 Å². The molecule has 1 fully saturated rings. The number of thioether (sulfide) groups is 1. The SMILES string of the molecule is CC(C)OC(=O)NCCC(C)(C)C(=O)SCCO[P@@](=O)(NCc1ccccc1)OC[C@H]1O[C@@H](n2cnc3c(N)ncnc32)[C@](C)(Cl)[C@@H]1O. The lowest BCUT2D eigenvalue weighted by molar-refractivity contribution is -0.118. The Bertz CT molecular complexity index is 1600. The Hall–Kier alpha value is -2.82. The van der Waals surface area contributed by atoms with E-state index in [0.717, 1.165) is 17.3 Å². The van der Waals surface area contributed by atoms with E-state index in [2.05, 4.69) is 25.4 Å². The maximum absolute atomic E-state index is 13.9. The van der Waals surface area contributed by atoms with E-state index >= 15 is 0 Å². The average molecular weight is 728 g/mol. The number of ether oxygens (including phenoxy) is 2. The fourth-order valence-electron chi connectivity index (χ4n) is 4.80. The van der Waals surface area contributed by atoms with Gasteiger partial charge in [-0.05, 0) is 32.8 Å². The van der Waals surface area contributed by atoms with Gasteiger partial charge in [0, 0.05) is 24.3 Å². The van der Waals surface area contributed by atoms with E-state index in [1.165, 1.54) is 12.7 Å². The quantitative estimate of drug-likeness (QED) is 0.0918. The van der Waals surface area contributed by atoms with Gasteiger partial charge in [0.25, 0.3) is 0 Å². The third-order valence-corrected chi connectivity index (χ3v) is 10.7. The summed E-state index contributed by atoms with van der Waals surface area (Å²) in [7, 11) is -4.00. The zero-order chi connectivity index (χ0) is 35.1. The molecule has 1 aromatic carbocycles. The Morgan fingerprint density at radius 2 is 1.96 bits per heavy atom. The van der Waals surface area contributed by atoms with Crippen molar-refractivity contribution in [3.63, 3.8) is 0 Å². The smallest absolute Gasteiger partial charge is 0.407 e. The van der Waals surface area contributed by atoms with Crippen molar-refractivity contribution < 1.29 is 37.8 Å². The summed E-state index contributed by atoms with van der Waals surface area (Å²) >= 11 is 7.84. The van der Waals surface area contributed by atoms with E-state index in [1.54, 1.807) is 39.2 Å². The highest BCUT2D eigenvalue weighted by Crippen LogP contribution is 2.48. The summed E-state index contributed by atoms with van der Waals surface area (Å²) in [5.74, 6) is 0.370. The number of fused-ring (bicyclic) bond motifs is 1. The van der Waals surface area contributed by atoms with Crippen LogP contribution in [0.4, 0.5) is 10.6 Å². The molecule has 1 saturated heterocycles. The van der Waals surface area contributed by atoms with Crippen molar-refractivity contribution in [1.29, 1.82) is 0 Å². The van der Waals surface area contributed by atoms with Crippen molar-refractivity contribution in [3.8, 4) is 0 Å². The number of alkyl carbamates (subject to hydrolysis) is 1. The summed E-state index contributed by atoms with van der Waals surface area (Å²) in [6.45, 7) is 8.68. The molecular formula is C30H43ClN7O8PS. The summed E-state index contributed by atoms with van der Waals surface area (Å²) in [4.78, 5) is 35.8. The van der Waals surface area contributed by atoms with Gasteiger partial charge < -0.3 is 25.6 Å². The second-order valence-corrected chi connectivity index (χ2v) is 16.0. The number of alkyl halides is 1. The third-order valence-electron chi connectivity index (χ3n) is 7.58. The summed E-state index contributed by atoms with van der Waals surface area (Å²) < 4.78 is 38.2. The van der Waals surface area contributed by atoms with Crippen LogP contribution in [0.3, 0.4) is 0 Å². The number of imidazole rings is 1. The number of anilines is 1. The maximum Gasteiger partial charge on any atom is 0.407 e. The fraction of sp³-hybridized carbons (Fsp3) is 0.567. The first-order valence-corrected chi connectivity index (χ1v) is 18.3. The first-order valence-electron chi connectivity index (χ1n) is 15.4. The number of aromatic nitrogens is 4. The molecule has 18 heteroatoms. The fourth-order valence-corrected chi connectivity index (χ4v) is 7.37. The van der Waals surface area contributed by atoms with Crippen molar-refractivity contribution in [2.24, 2.45) is 5.41 Å². The standard InChI is InChI=1S/C30H43ClN7O8PS/c1-19(2)45-28(41)33-12-11-29(3,4)27(40)48-14-13-43-47(42,37-15-20-9-7-6-8-10-20)44-16-21-23(39)30(5,31)26(46-21)38-18-36-22-24(32)34-17-35-25(22)38/h6-10,17-19,21,23,26,39H,11-16H2,1-5H3,(H,33,41)(H,37,42)(H2,32,34,35)/t21-,23-,26-,30-,47+/m1/s1. The molecule has 0 bridgehead atoms. The number of amides is 1. The number of nitrogens with one attached hydrogen (secondary N) is 2. The van der Waals surface area contributed by atoms with Crippen molar-refractivity contribution in [1.82, 2.24) is 29.9 Å². The summed E-state index contributed by atoms with van der Waals surface area (Å²) in [5.41, 5.74) is 6.73. The highest BCUT2D eigenvalue weighted by atomic mass is 35.5. The molecule has 0 spiro atoms. The van der Waals surface area contributed by atoms with Crippen LogP contribution < -0.4 is 16.1 Å². The number of aliphatic hydroxyl groups excluding tert-OH is 1. The zero-order valence-electron chi connectivity index (χ0n) is 27.5. The van der Waals surface area contributed by atoms with Crippen LogP contribution >= 0.6 is 31.1 Å². The molecule has 3 aromatic rings. The van der Waals surface area contributed by atoms with Gasteiger partial charge in [-0.15, -0.1) is 11.6 Å². The van der Waals surface area contributed by atoms with Gasteiger partial charge in [-0.2, -0.15) is 0 Å². The Morgan fingerprint density at radius 1 is 1.23 bits per heavy atom. The minimum Gasteiger partial charge on any atom is -0.447 e. The van der Waals surface area contributed by atoms with Crippen LogP contribution in [0.2, 0.25) is 0 Å². The van der Waals surface area contributed by atoms with Gasteiger partial charge >= 0.3 is 13.8 Å². The topological polar surface area (TPSA) is 202 Å². The number of benzene rings is 1. The molecule has 48 heavy (non-hydrogen) atoms. The van der Waals surface area contributed by atoms with E-state index in [9.17, 15) is 19.3 Å². The van der Waals surface area contributed by atoms with Crippen molar-refractivity contribution in [2.75, 3.05) is 31.2 Å². The minimum atomic E-state index is -4.00. The summed E-state index contributed by atoms with van der Waals surface area (Å²) in [6, 6.07) is 9.26. The van der Waals surface area contributed by atoms with Gasteiger partial charge in [-0.1, -0.05) is 55.9 Å². The molecule has 15 nitrogen and oxygen atoms in total. The van der Waals surface area contributed by atoms with Crippen LogP contribution in [0.5, 0.6) is 0 Å². The Labute approximate surface area is 288 Å². The number of nitrogen functional groups attached to an aromatic ring is 1. The molecule has 2 aromatic heterocycles. The number of nitrogens with zero attached hydrogens (tertiary/aromatic N) is 4. The van der Waals surface area contributed by atoms with Gasteiger partial charge in [0.05, 0.1) is 25.6 Å². The van der Waals surface area contributed by atoms with Crippen LogP contribution in [0, 0.1) is 5.41 Å². The van der Waals surface area contributed by atoms with E-state index in [1.807, 2.05) is 30.3 Å². The highest BCUT2D eigenvalue weighted by molar-refractivity contribution is 8.13. The molecule has 0 saturated carbocycles. The lowest BCUT2D eigenvalue weighted by Gasteiger charge is -2.26. The predicted molar refractivity (Wildman–Crippen MR) is 182 cm³/mol. The molecule has 0 aliphatic carbocycles. The van der Waals surface area contributed by atoms with Crippen LogP contribution in [-0.4, -0.2) is 84.5 Å². The third kappa shape index (κ3) is 9.66. The number of rotatable bonds is 16. The number of nitrogens with two attached hydrogens (primary N) is 1. The van der Waals surface area contributed by atoms with E-state index in [4.69, 9.17) is 35.9 Å². The number of hydrogen-bond acceptors (Lipinski definition) is 13. The molecule has 3 heterocycles. The number of carbonyl (C=O) groups excluding carboxylic acids is 2. The Morgan fingerprint density at radius 3 is 2.67 bits per heavy atom. The molecule has 1 aliphatic heterocycles. The zero-order valence-corrected chi connectivity index (χ0v) is 30.0. The van der Waals surface area contributed by atoms with Crippen molar-refractivity contribution in [2.45, 2.75) is 77.0 Å². The second kappa shape index (κ2) is 16.3. The average Bonchev–Trinajstić information content (AvgIpc) is 3.55. The molecule has 1 aliphatic rings. The number of aliphatic hydroxyl groups is 1. The molecular weight excluding hydrogens is 685 g/mol. The maximum atomic E-state index is 13.9. The van der Waals surface area contributed by atoms with Gasteiger partial charge in [-0.25, -0.2) is 29.4 Å². The van der Waals surface area contributed by atoms with Crippen molar-refractivity contribution >= 4 is 59.3 Å². The van der Waals surface area contributed by atoms with E-state index in [0.29, 0.717) is 17.6 Å². The normalized spacial score (nSPS) is 22.5. The molecule has 0 unspecified atom stereocenters. The minimum absolute atomic E-state index is 0.0867. The second-order valence-electron chi connectivity index (χ2n) is 12.3. The monoisotopic (exact) mass is 727 g/mol. The van der Waals surface area contributed by atoms with Crippen LogP contribution in [0.15, 0.2) is 43.0 Å². The number of halogens is 1.